The molecule has 35 heavy (non-hydrogen) atoms. The van der Waals surface area contributed by atoms with Crippen LogP contribution in [0.25, 0.3) is 0 Å². The van der Waals surface area contributed by atoms with E-state index in [9.17, 15) is 14.4 Å². The van der Waals surface area contributed by atoms with Gasteiger partial charge in [-0.25, -0.2) is 9.67 Å². The summed E-state index contributed by atoms with van der Waals surface area (Å²) in [6.07, 6.45) is 5.27. The molecule has 1 fully saturated rings. The second-order valence-corrected chi connectivity index (χ2v) is 8.21. The van der Waals surface area contributed by atoms with Gasteiger partial charge in [-0.05, 0) is 31.9 Å². The number of nitrogens with zero attached hydrogens (tertiary/aromatic N) is 7. The number of nitrogens with two attached hydrogens (primary N) is 1. The van der Waals surface area contributed by atoms with E-state index >= 15 is 0 Å². The summed E-state index contributed by atoms with van der Waals surface area (Å²) in [6, 6.07) is 7.86. The molecule has 1 aliphatic heterocycles. The van der Waals surface area contributed by atoms with Gasteiger partial charge in [0.25, 0.3) is 17.6 Å². The fourth-order valence-corrected chi connectivity index (χ4v) is 4.04. The number of piperidine rings is 1. The van der Waals surface area contributed by atoms with E-state index in [1.807, 2.05) is 18.2 Å². The molecular weight excluding hydrogens is 452 g/mol. The molecule has 3 aromatic rings. The number of primary amides is 1. The van der Waals surface area contributed by atoms with Gasteiger partial charge in [-0.3, -0.25) is 19.4 Å². The van der Waals surface area contributed by atoms with Crippen LogP contribution in [0.5, 0.6) is 0 Å². The number of nitriles is 1. The number of furan rings is 1. The number of pyridine rings is 1. The molecule has 3 amide bonds. The molecule has 0 radical (unpaired) electrons. The van der Waals surface area contributed by atoms with Crippen molar-refractivity contribution in [3.05, 3.63) is 65.9 Å². The van der Waals surface area contributed by atoms with E-state index in [0.717, 1.165) is 0 Å². The van der Waals surface area contributed by atoms with Crippen molar-refractivity contribution in [1.82, 2.24) is 29.5 Å². The SMILES string of the molecule is CC(C(=O)N1CCC(N(Cc2ccccn2)C(=O)c2cc(C(N)=O)co2)CC1)n1cnc(C#N)n1. The van der Waals surface area contributed by atoms with Gasteiger partial charge >= 0.3 is 0 Å². The molecule has 1 unspecified atom stereocenters. The molecule has 0 saturated carbocycles. The maximum atomic E-state index is 13.4. The first-order valence-corrected chi connectivity index (χ1v) is 11.1. The minimum absolute atomic E-state index is 0.00412. The van der Waals surface area contributed by atoms with Crippen LogP contribution in [0, 0.1) is 11.3 Å². The van der Waals surface area contributed by atoms with Gasteiger partial charge in [-0.2, -0.15) is 5.26 Å². The number of aromatic nitrogens is 4. The van der Waals surface area contributed by atoms with E-state index in [1.165, 1.54) is 23.3 Å². The quantitative estimate of drug-likeness (QED) is 0.530. The van der Waals surface area contributed by atoms with Crippen LogP contribution in [0.2, 0.25) is 0 Å². The fraction of sp³-hybridized carbons (Fsp3) is 0.348. The lowest BCUT2D eigenvalue weighted by atomic mass is 10.0. The summed E-state index contributed by atoms with van der Waals surface area (Å²) < 4.78 is 6.70. The van der Waals surface area contributed by atoms with Gasteiger partial charge in [0.05, 0.1) is 17.8 Å². The van der Waals surface area contributed by atoms with Crippen LogP contribution in [0.1, 0.15) is 58.2 Å². The number of hydrogen-bond donors (Lipinski definition) is 1. The van der Waals surface area contributed by atoms with Gasteiger partial charge in [-0.15, -0.1) is 5.10 Å². The molecule has 1 atom stereocenters. The molecular formula is C23H24N8O4. The molecule has 1 saturated heterocycles. The number of rotatable bonds is 7. The standard InChI is InChI=1S/C23H24N8O4/c1-15(31-14-27-20(11-24)28-31)22(33)29-8-5-18(6-9-29)30(12-17-4-2-3-7-26-17)23(34)19-10-16(13-35-19)21(25)32/h2-4,7,10,13-15,18H,5-6,8-9,12H2,1H3,(H2,25,32). The second-order valence-electron chi connectivity index (χ2n) is 8.21. The van der Waals surface area contributed by atoms with Crippen LogP contribution in [0.3, 0.4) is 0 Å². The number of likely N-dealkylation sites (tertiary alicyclic amines) is 1. The minimum Gasteiger partial charge on any atom is -0.458 e. The summed E-state index contributed by atoms with van der Waals surface area (Å²) in [6.45, 7) is 2.82. The van der Waals surface area contributed by atoms with Crippen molar-refractivity contribution in [1.29, 1.82) is 5.26 Å². The zero-order chi connectivity index (χ0) is 24.9. The lowest BCUT2D eigenvalue weighted by molar-refractivity contribution is -0.136. The summed E-state index contributed by atoms with van der Waals surface area (Å²) in [4.78, 5) is 49.3. The summed E-state index contributed by atoms with van der Waals surface area (Å²) >= 11 is 0. The van der Waals surface area contributed by atoms with Crippen LogP contribution >= 0.6 is 0 Å². The van der Waals surface area contributed by atoms with Crippen molar-refractivity contribution in [2.24, 2.45) is 5.73 Å². The molecule has 1 aliphatic rings. The molecule has 4 rings (SSSR count). The first kappa shape index (κ1) is 23.6. The highest BCUT2D eigenvalue weighted by Gasteiger charge is 2.33. The Morgan fingerprint density at radius 1 is 1.29 bits per heavy atom. The third-order valence-electron chi connectivity index (χ3n) is 5.99. The van der Waals surface area contributed by atoms with Gasteiger partial charge in [-0.1, -0.05) is 6.07 Å². The van der Waals surface area contributed by atoms with Gasteiger partial charge in [0.1, 0.15) is 24.7 Å². The van der Waals surface area contributed by atoms with Crippen LogP contribution in [-0.2, 0) is 11.3 Å². The van der Waals surface area contributed by atoms with Gasteiger partial charge in [0, 0.05) is 31.4 Å². The maximum Gasteiger partial charge on any atom is 0.290 e. The Balaban J connectivity index is 1.47. The maximum absolute atomic E-state index is 13.4. The number of carbonyl (C=O) groups excluding carboxylic acids is 3. The summed E-state index contributed by atoms with van der Waals surface area (Å²) in [5.41, 5.74) is 6.11. The second kappa shape index (κ2) is 10.2. The van der Waals surface area contributed by atoms with Gasteiger partial charge in [0.2, 0.25) is 5.91 Å². The van der Waals surface area contributed by atoms with Crippen molar-refractivity contribution in [2.45, 2.75) is 38.4 Å². The zero-order valence-corrected chi connectivity index (χ0v) is 19.1. The fourth-order valence-electron chi connectivity index (χ4n) is 4.04. The third kappa shape index (κ3) is 5.19. The molecule has 12 nitrogen and oxygen atoms in total. The van der Waals surface area contributed by atoms with Crippen LogP contribution in [0.15, 0.2) is 47.5 Å². The highest BCUT2D eigenvalue weighted by atomic mass is 16.3. The van der Waals surface area contributed by atoms with Crippen LogP contribution in [0.4, 0.5) is 0 Å². The summed E-state index contributed by atoms with van der Waals surface area (Å²) in [5.74, 6) is -1.18. The number of amides is 3. The van der Waals surface area contributed by atoms with E-state index in [0.29, 0.717) is 31.6 Å². The normalized spacial score (nSPS) is 14.8. The van der Waals surface area contributed by atoms with Crippen molar-refractivity contribution < 1.29 is 18.8 Å². The molecule has 3 aromatic heterocycles. The third-order valence-corrected chi connectivity index (χ3v) is 5.99. The first-order valence-electron chi connectivity index (χ1n) is 11.1. The van der Waals surface area contributed by atoms with Crippen LogP contribution < -0.4 is 5.73 Å². The molecule has 2 N–H and O–H groups in total. The Bertz CT molecular complexity index is 1250. The van der Waals surface area contributed by atoms with Crippen LogP contribution in [-0.4, -0.2) is 66.4 Å². The monoisotopic (exact) mass is 476 g/mol. The number of carbonyl (C=O) groups is 3. The highest BCUT2D eigenvalue weighted by molar-refractivity contribution is 5.97. The highest BCUT2D eigenvalue weighted by Crippen LogP contribution is 2.23. The first-order chi connectivity index (χ1) is 16.9. The average molecular weight is 476 g/mol. The predicted molar refractivity (Wildman–Crippen MR) is 120 cm³/mol. The molecule has 0 spiro atoms. The smallest absolute Gasteiger partial charge is 0.290 e. The molecule has 180 valence electrons. The minimum atomic E-state index is -0.681. The molecule has 0 aromatic carbocycles. The van der Waals surface area contributed by atoms with E-state index < -0.39 is 11.9 Å². The van der Waals surface area contributed by atoms with Crippen molar-refractivity contribution in [3.63, 3.8) is 0 Å². The lowest BCUT2D eigenvalue weighted by Crippen LogP contribution is -2.49. The summed E-state index contributed by atoms with van der Waals surface area (Å²) in [7, 11) is 0. The number of hydrogen-bond acceptors (Lipinski definition) is 8. The Hall–Kier alpha value is -4.53. The van der Waals surface area contributed by atoms with Crippen molar-refractivity contribution in [3.8, 4) is 6.07 Å². The van der Waals surface area contributed by atoms with E-state index in [2.05, 4.69) is 15.1 Å². The lowest BCUT2D eigenvalue weighted by Gasteiger charge is -2.38. The van der Waals surface area contributed by atoms with Crippen molar-refractivity contribution in [2.75, 3.05) is 13.1 Å². The largest absolute Gasteiger partial charge is 0.458 e. The molecule has 4 heterocycles. The van der Waals surface area contributed by atoms with Gasteiger partial charge < -0.3 is 20.0 Å². The molecule has 0 bridgehead atoms. The van der Waals surface area contributed by atoms with Gasteiger partial charge in [0.15, 0.2) is 5.76 Å². The Morgan fingerprint density at radius 2 is 2.06 bits per heavy atom. The summed E-state index contributed by atoms with van der Waals surface area (Å²) in [5, 5.41) is 12.9. The molecule has 0 aliphatic carbocycles. The molecule has 12 heteroatoms. The Kier molecular flexibility index (Phi) is 6.86. The van der Waals surface area contributed by atoms with E-state index in [4.69, 9.17) is 15.4 Å². The zero-order valence-electron chi connectivity index (χ0n) is 19.1. The Morgan fingerprint density at radius 3 is 2.66 bits per heavy atom. The average Bonchev–Trinajstić information content (AvgIpc) is 3.57. The Labute approximate surface area is 200 Å². The van der Waals surface area contributed by atoms with E-state index in [-0.39, 0.29) is 41.5 Å². The predicted octanol–water partition coefficient (Wildman–Crippen LogP) is 1.13. The van der Waals surface area contributed by atoms with E-state index in [1.54, 1.807) is 29.0 Å². The van der Waals surface area contributed by atoms with Crippen molar-refractivity contribution >= 4 is 17.7 Å². The topological polar surface area (TPSA) is 164 Å².